The van der Waals surface area contributed by atoms with Gasteiger partial charge in [0.25, 0.3) is 0 Å². The van der Waals surface area contributed by atoms with Gasteiger partial charge in [-0.25, -0.2) is 0 Å². The number of aliphatic carboxylic acids is 1. The number of anilines is 1. The molecule has 1 unspecified atom stereocenters. The van der Waals surface area contributed by atoms with Crippen molar-refractivity contribution in [1.29, 1.82) is 0 Å². The summed E-state index contributed by atoms with van der Waals surface area (Å²) in [7, 11) is 4.50. The highest BCUT2D eigenvalue weighted by Gasteiger charge is 2.21. The second kappa shape index (κ2) is 9.65. The van der Waals surface area contributed by atoms with E-state index in [-0.39, 0.29) is 6.42 Å². The van der Waals surface area contributed by atoms with E-state index in [1.807, 2.05) is 0 Å². The number of amides is 1. The first-order valence-electron chi connectivity index (χ1n) is 6.98. The van der Waals surface area contributed by atoms with Gasteiger partial charge in [0.2, 0.25) is 5.91 Å². The van der Waals surface area contributed by atoms with Crippen molar-refractivity contribution >= 4 is 17.6 Å². The molecule has 8 heteroatoms. The van der Waals surface area contributed by atoms with E-state index >= 15 is 0 Å². The number of ether oxygens (including phenoxy) is 3. The summed E-state index contributed by atoms with van der Waals surface area (Å²) in [6.45, 7) is 0.693. The zero-order chi connectivity index (χ0) is 17.2. The number of carbonyl (C=O) groups excluding carboxylic acids is 1. The van der Waals surface area contributed by atoms with Crippen LogP contribution in [0, 0.1) is 0 Å². The molecule has 0 aliphatic heterocycles. The molecule has 0 spiro atoms. The van der Waals surface area contributed by atoms with E-state index in [1.54, 1.807) is 18.2 Å². The molecular weight excluding hydrogens is 304 g/mol. The molecule has 0 heterocycles. The van der Waals surface area contributed by atoms with Gasteiger partial charge in [-0.2, -0.15) is 0 Å². The number of methoxy groups -OCH3 is 3. The molecular formula is C15H22N2O6. The number of hydrogen-bond acceptors (Lipinski definition) is 6. The van der Waals surface area contributed by atoms with Crippen LogP contribution in [-0.2, 0) is 14.3 Å². The molecule has 128 valence electrons. The maximum atomic E-state index is 12.1. The standard InChI is InChI=1S/C15H22N2O6/c1-21-7-6-16-12(15(19)20)9-14(18)17-11-8-10(22-2)4-5-13(11)23-3/h4-5,8,12,16H,6-7,9H2,1-3H3,(H,17,18)(H,19,20). The first-order chi connectivity index (χ1) is 11.0. The number of benzene rings is 1. The lowest BCUT2D eigenvalue weighted by atomic mass is 10.2. The molecule has 23 heavy (non-hydrogen) atoms. The van der Waals surface area contributed by atoms with Crippen LogP contribution in [0.15, 0.2) is 18.2 Å². The van der Waals surface area contributed by atoms with Crippen LogP contribution in [0.3, 0.4) is 0 Å². The summed E-state index contributed by atoms with van der Waals surface area (Å²) in [6, 6.07) is 3.95. The molecule has 0 radical (unpaired) electrons. The lowest BCUT2D eigenvalue weighted by Crippen LogP contribution is -2.41. The van der Waals surface area contributed by atoms with E-state index in [9.17, 15) is 9.59 Å². The highest BCUT2D eigenvalue weighted by atomic mass is 16.5. The molecule has 1 aromatic carbocycles. The molecule has 3 N–H and O–H groups in total. The molecule has 0 aliphatic rings. The van der Waals surface area contributed by atoms with Gasteiger partial charge in [-0.1, -0.05) is 0 Å². The topological polar surface area (TPSA) is 106 Å². The number of carboxylic acids is 1. The molecule has 0 saturated heterocycles. The molecule has 1 atom stereocenters. The third-order valence-electron chi connectivity index (χ3n) is 3.07. The SMILES string of the molecule is COCCNC(CC(=O)Nc1cc(OC)ccc1OC)C(=O)O. The Morgan fingerprint density at radius 1 is 1.22 bits per heavy atom. The average molecular weight is 326 g/mol. The van der Waals surface area contributed by atoms with Gasteiger partial charge in [0.15, 0.2) is 0 Å². The van der Waals surface area contributed by atoms with Gasteiger partial charge in [-0.3, -0.25) is 9.59 Å². The predicted molar refractivity (Wildman–Crippen MR) is 84.1 cm³/mol. The second-order valence-corrected chi connectivity index (χ2v) is 4.66. The largest absolute Gasteiger partial charge is 0.497 e. The minimum atomic E-state index is -1.10. The average Bonchev–Trinajstić information content (AvgIpc) is 2.53. The molecule has 1 amide bonds. The van der Waals surface area contributed by atoms with Crippen LogP contribution < -0.4 is 20.1 Å². The van der Waals surface area contributed by atoms with Crippen LogP contribution in [0.25, 0.3) is 0 Å². The summed E-state index contributed by atoms with van der Waals surface area (Å²) in [5.74, 6) is -0.546. The van der Waals surface area contributed by atoms with Crippen molar-refractivity contribution in [1.82, 2.24) is 5.32 Å². The molecule has 1 rings (SSSR count). The minimum Gasteiger partial charge on any atom is -0.497 e. The Balaban J connectivity index is 2.72. The molecule has 0 saturated carbocycles. The fourth-order valence-electron chi connectivity index (χ4n) is 1.88. The summed E-state index contributed by atoms with van der Waals surface area (Å²) < 4.78 is 15.1. The van der Waals surface area contributed by atoms with Gasteiger partial charge in [-0.05, 0) is 12.1 Å². The fourth-order valence-corrected chi connectivity index (χ4v) is 1.88. The van der Waals surface area contributed by atoms with Crippen LogP contribution in [0.5, 0.6) is 11.5 Å². The maximum Gasteiger partial charge on any atom is 0.321 e. The van der Waals surface area contributed by atoms with Crippen molar-refractivity contribution < 1.29 is 28.9 Å². The van der Waals surface area contributed by atoms with Crippen LogP contribution in [-0.4, -0.2) is 57.5 Å². The molecule has 0 fully saturated rings. The smallest absolute Gasteiger partial charge is 0.321 e. The fraction of sp³-hybridized carbons (Fsp3) is 0.467. The molecule has 0 aliphatic carbocycles. The maximum absolute atomic E-state index is 12.1. The van der Waals surface area contributed by atoms with Crippen LogP contribution in [0.4, 0.5) is 5.69 Å². The zero-order valence-corrected chi connectivity index (χ0v) is 13.4. The molecule has 1 aromatic rings. The second-order valence-electron chi connectivity index (χ2n) is 4.66. The Morgan fingerprint density at radius 3 is 2.52 bits per heavy atom. The van der Waals surface area contributed by atoms with E-state index < -0.39 is 17.9 Å². The Hall–Kier alpha value is -2.32. The number of carbonyl (C=O) groups is 2. The van der Waals surface area contributed by atoms with Crippen molar-refractivity contribution in [2.24, 2.45) is 0 Å². The lowest BCUT2D eigenvalue weighted by Gasteiger charge is -2.15. The monoisotopic (exact) mass is 326 g/mol. The first kappa shape index (κ1) is 18.7. The van der Waals surface area contributed by atoms with Gasteiger partial charge < -0.3 is 30.0 Å². The van der Waals surface area contributed by atoms with E-state index in [0.29, 0.717) is 30.3 Å². The van der Waals surface area contributed by atoms with Gasteiger partial charge in [0.05, 0.1) is 32.9 Å². The molecule has 0 aromatic heterocycles. The summed E-state index contributed by atoms with van der Waals surface area (Å²) in [4.78, 5) is 23.3. The van der Waals surface area contributed by atoms with Crippen LogP contribution >= 0.6 is 0 Å². The molecule has 8 nitrogen and oxygen atoms in total. The van der Waals surface area contributed by atoms with Gasteiger partial charge in [0, 0.05) is 19.7 Å². The Bertz CT molecular complexity index is 535. The quantitative estimate of drug-likeness (QED) is 0.544. The lowest BCUT2D eigenvalue weighted by molar-refractivity contribution is -0.141. The van der Waals surface area contributed by atoms with Crippen molar-refractivity contribution in [3.63, 3.8) is 0 Å². The van der Waals surface area contributed by atoms with Crippen molar-refractivity contribution in [2.45, 2.75) is 12.5 Å². The summed E-state index contributed by atoms with van der Waals surface area (Å²) in [6.07, 6.45) is -0.223. The summed E-state index contributed by atoms with van der Waals surface area (Å²) in [5, 5.41) is 14.5. The van der Waals surface area contributed by atoms with Gasteiger partial charge >= 0.3 is 5.97 Å². The van der Waals surface area contributed by atoms with E-state index in [0.717, 1.165) is 0 Å². The highest BCUT2D eigenvalue weighted by molar-refractivity contribution is 5.95. The number of nitrogens with one attached hydrogen (secondary N) is 2. The van der Waals surface area contributed by atoms with E-state index in [2.05, 4.69) is 10.6 Å². The number of rotatable bonds is 10. The summed E-state index contributed by atoms with van der Waals surface area (Å²) >= 11 is 0. The van der Waals surface area contributed by atoms with Crippen LogP contribution in [0.2, 0.25) is 0 Å². The third kappa shape index (κ3) is 6.13. The Morgan fingerprint density at radius 2 is 1.96 bits per heavy atom. The normalized spacial score (nSPS) is 11.6. The number of carboxylic acid groups (broad SMARTS) is 1. The summed E-state index contributed by atoms with van der Waals surface area (Å²) in [5.41, 5.74) is 0.415. The van der Waals surface area contributed by atoms with Crippen molar-refractivity contribution in [3.8, 4) is 11.5 Å². The highest BCUT2D eigenvalue weighted by Crippen LogP contribution is 2.28. The Labute approximate surface area is 134 Å². The van der Waals surface area contributed by atoms with Crippen molar-refractivity contribution in [3.05, 3.63) is 18.2 Å². The van der Waals surface area contributed by atoms with Crippen LogP contribution in [0.1, 0.15) is 6.42 Å². The Kier molecular flexibility index (Phi) is 7.86. The van der Waals surface area contributed by atoms with E-state index in [1.165, 1.54) is 21.3 Å². The molecule has 0 bridgehead atoms. The minimum absolute atomic E-state index is 0.223. The van der Waals surface area contributed by atoms with Crippen molar-refractivity contribution in [2.75, 3.05) is 39.8 Å². The zero-order valence-electron chi connectivity index (χ0n) is 13.4. The van der Waals surface area contributed by atoms with Gasteiger partial charge in [-0.15, -0.1) is 0 Å². The van der Waals surface area contributed by atoms with E-state index in [4.69, 9.17) is 19.3 Å². The first-order valence-corrected chi connectivity index (χ1v) is 6.98. The number of hydrogen-bond donors (Lipinski definition) is 3. The van der Waals surface area contributed by atoms with Gasteiger partial charge in [0.1, 0.15) is 17.5 Å². The predicted octanol–water partition coefficient (Wildman–Crippen LogP) is 0.722. The third-order valence-corrected chi connectivity index (χ3v) is 3.07.